The van der Waals surface area contributed by atoms with E-state index in [-0.39, 0.29) is 32.2 Å². The number of imidazole rings is 2. The second kappa shape index (κ2) is 38.1. The first kappa shape index (κ1) is 79.1. The van der Waals surface area contributed by atoms with E-state index in [0.29, 0.717) is 37.1 Å². The Hall–Kier alpha value is -8.14. The highest BCUT2D eigenvalue weighted by molar-refractivity contribution is 6.00. The van der Waals surface area contributed by atoms with Gasteiger partial charge in [-0.2, -0.15) is 0 Å². The van der Waals surface area contributed by atoms with Crippen molar-refractivity contribution in [2.24, 2.45) is 35.3 Å². The highest BCUT2D eigenvalue weighted by Crippen LogP contribution is 2.20. The number of H-pyrrole nitrogens is 2. The van der Waals surface area contributed by atoms with Crippen molar-refractivity contribution in [3.05, 3.63) is 36.4 Å². The Bertz CT molecular complexity index is 2810. The van der Waals surface area contributed by atoms with E-state index in [1.54, 1.807) is 69.2 Å². The summed E-state index contributed by atoms with van der Waals surface area (Å²) in [6, 6.07) is -17.5. The molecule has 0 saturated carbocycles. The lowest BCUT2D eigenvalue weighted by Crippen LogP contribution is -2.64. The summed E-state index contributed by atoms with van der Waals surface area (Å²) in [5.74, 6) is -14.3. The Morgan fingerprint density at radius 1 is 0.495 bits per heavy atom. The molecule has 3 heterocycles. The minimum Gasteiger partial charge on any atom is -0.480 e. The number of aliphatic hydroxyl groups excluding tert-OH is 4. The summed E-state index contributed by atoms with van der Waals surface area (Å²) < 4.78 is 0. The second-order valence-corrected chi connectivity index (χ2v) is 24.4. The highest BCUT2D eigenvalue weighted by Gasteiger charge is 2.42. The lowest BCUT2D eigenvalue weighted by atomic mass is 9.93. The Balaban J connectivity index is 1.87. The molecule has 11 amide bonds. The second-order valence-electron chi connectivity index (χ2n) is 24.4. The van der Waals surface area contributed by atoms with E-state index in [4.69, 9.17) is 5.73 Å². The molecule has 93 heavy (non-hydrogen) atoms. The molecule has 2 aromatic rings. The first-order valence-corrected chi connectivity index (χ1v) is 31.7. The van der Waals surface area contributed by atoms with Gasteiger partial charge >= 0.3 is 5.97 Å². The predicted octanol–water partition coefficient (Wildman–Crippen LogP) is -4.24. The van der Waals surface area contributed by atoms with Crippen molar-refractivity contribution in [1.29, 1.82) is 0 Å². The first-order chi connectivity index (χ1) is 43.8. The van der Waals surface area contributed by atoms with Crippen LogP contribution in [-0.2, 0) is 70.4 Å². The van der Waals surface area contributed by atoms with Crippen LogP contribution in [0.5, 0.6) is 0 Å². The van der Waals surface area contributed by atoms with Crippen molar-refractivity contribution in [3.8, 4) is 0 Å². The molecule has 33 heteroatoms. The lowest BCUT2D eigenvalue weighted by Gasteiger charge is -2.32. The molecule has 1 aliphatic rings. The molecule has 19 N–H and O–H groups in total. The number of aliphatic carboxylic acids is 1. The molecule has 1 aliphatic heterocycles. The van der Waals surface area contributed by atoms with Crippen LogP contribution in [0.3, 0.4) is 0 Å². The molecule has 0 aromatic carbocycles. The summed E-state index contributed by atoms with van der Waals surface area (Å²) in [5, 5.41) is 76.8. The highest BCUT2D eigenvalue weighted by atomic mass is 16.4. The Labute approximate surface area is 541 Å². The molecular weight excluding hydrogens is 1220 g/mol. The smallest absolute Gasteiger partial charge is 0.326 e. The van der Waals surface area contributed by atoms with Crippen molar-refractivity contribution < 1.29 is 83.1 Å². The number of amides is 11. The van der Waals surface area contributed by atoms with Gasteiger partial charge < -0.3 is 99.3 Å². The normalized spacial score (nSPS) is 18.6. The number of hydrogen-bond donors (Lipinski definition) is 18. The van der Waals surface area contributed by atoms with Crippen LogP contribution in [-0.4, -0.2) is 226 Å². The number of nitrogens with zero attached hydrogens (tertiary/aromatic N) is 3. The van der Waals surface area contributed by atoms with Crippen molar-refractivity contribution >= 4 is 70.9 Å². The number of carboxylic acids is 1. The van der Waals surface area contributed by atoms with Gasteiger partial charge in [0.1, 0.15) is 72.5 Å². The minimum atomic E-state index is -1.82. The molecule has 2 aromatic heterocycles. The molecule has 33 nitrogen and oxygen atoms in total. The number of rotatable bonds is 39. The van der Waals surface area contributed by atoms with E-state index in [0.717, 1.165) is 11.8 Å². The van der Waals surface area contributed by atoms with Gasteiger partial charge in [0.25, 0.3) is 0 Å². The molecule has 18 atom stereocenters. The maximum atomic E-state index is 14.5. The topological polar surface area (TPSA) is 513 Å². The van der Waals surface area contributed by atoms with Crippen molar-refractivity contribution in [2.75, 3.05) is 19.8 Å². The van der Waals surface area contributed by atoms with Crippen LogP contribution in [0.1, 0.15) is 133 Å². The number of carboxylic acid groups (broad SMARTS) is 1. The molecule has 0 radical (unpaired) electrons. The molecule has 0 bridgehead atoms. The van der Waals surface area contributed by atoms with Crippen molar-refractivity contribution in [2.45, 2.75) is 219 Å². The third kappa shape index (κ3) is 23.1. The number of carbonyl (C=O) groups is 12. The number of nitrogens with two attached hydrogens (primary N) is 1. The summed E-state index contributed by atoms with van der Waals surface area (Å²) >= 11 is 0. The molecule has 3 rings (SSSR count). The van der Waals surface area contributed by atoms with E-state index in [2.05, 4.69) is 73.1 Å². The van der Waals surface area contributed by atoms with Gasteiger partial charge in [0, 0.05) is 43.2 Å². The van der Waals surface area contributed by atoms with Gasteiger partial charge in [-0.05, 0) is 56.3 Å². The largest absolute Gasteiger partial charge is 0.480 e. The standard InChI is InChI=1S/C60H100N16O17/c1-13-29(7)43(55(87)73-46(60(92)93)32(10)16-4)70-50(82)39(21-36-23-63-27-65-36)67-58(90)48(34(12)80)75-56(88)45(31(9)15-3)72-54(86)44(30(8)14-2)71-53(85)42(28(5)6)69-49(81)38(20-35-22-62-26-64-35)66-57(89)47(33(11)79)74-51(83)40(25-78)68-52(84)41-18-17-19-76(41)59(91)37(61)24-77/h22-23,26-34,37-48,77-80H,13-21,24-25,61H2,1-12H3,(H,62,64)(H,63,65)(H,66,89)(H,67,90)(H,68,84)(H,69,81)(H,70,82)(H,71,85)(H,72,86)(H,73,87)(H,74,83)(H,75,88)(H,92,93)/t29?,30?,31?,32?,33?,34?,37?,38?,39?,40?,41?,42?,43-,44?,45?,46?,47?,48?/m1/s1. The van der Waals surface area contributed by atoms with Crippen molar-refractivity contribution in [1.82, 2.24) is 78.0 Å². The fraction of sp³-hybridized carbons (Fsp3) is 0.700. The average Bonchev–Trinajstić information content (AvgIpc) is 1.86. The predicted molar refractivity (Wildman–Crippen MR) is 334 cm³/mol. The summed E-state index contributed by atoms with van der Waals surface area (Å²) in [4.78, 5) is 181. The average molecular weight is 1320 g/mol. The van der Waals surface area contributed by atoms with Crippen LogP contribution in [0.15, 0.2) is 25.0 Å². The van der Waals surface area contributed by atoms with Gasteiger partial charge in [0.2, 0.25) is 65.0 Å². The zero-order valence-corrected chi connectivity index (χ0v) is 55.1. The molecule has 522 valence electrons. The molecular formula is C60H100N16O17. The maximum absolute atomic E-state index is 14.5. The molecule has 0 aliphatic carbocycles. The van der Waals surface area contributed by atoms with Gasteiger partial charge in [0.15, 0.2) is 0 Å². The number of aromatic nitrogens is 4. The van der Waals surface area contributed by atoms with Crippen LogP contribution in [0.4, 0.5) is 0 Å². The lowest BCUT2D eigenvalue weighted by molar-refractivity contribution is -0.144. The number of aliphatic hydroxyl groups is 4. The van der Waals surface area contributed by atoms with E-state index >= 15 is 0 Å². The van der Waals surface area contributed by atoms with Crippen molar-refractivity contribution in [3.63, 3.8) is 0 Å². The summed E-state index contributed by atoms with van der Waals surface area (Å²) in [6.45, 7) is 17.6. The van der Waals surface area contributed by atoms with Gasteiger partial charge in [-0.25, -0.2) is 14.8 Å². The van der Waals surface area contributed by atoms with Crippen LogP contribution in [0.25, 0.3) is 0 Å². The third-order valence-electron chi connectivity index (χ3n) is 16.9. The minimum absolute atomic E-state index is 0.133. The van der Waals surface area contributed by atoms with Crippen LogP contribution in [0, 0.1) is 29.6 Å². The van der Waals surface area contributed by atoms with Crippen LogP contribution < -0.4 is 58.9 Å². The zero-order valence-electron chi connectivity index (χ0n) is 55.1. The fourth-order valence-electron chi connectivity index (χ4n) is 10.1. The molecule has 1 fully saturated rings. The summed E-state index contributed by atoms with van der Waals surface area (Å²) in [6.07, 6.45) is 3.53. The van der Waals surface area contributed by atoms with Gasteiger partial charge in [-0.15, -0.1) is 0 Å². The monoisotopic (exact) mass is 1320 g/mol. The molecule has 0 spiro atoms. The summed E-state index contributed by atoms with van der Waals surface area (Å²) in [5.41, 5.74) is 6.38. The van der Waals surface area contributed by atoms with E-state index in [1.807, 2.05) is 0 Å². The number of nitrogens with one attached hydrogen (secondary N) is 12. The quantitative estimate of drug-likeness (QED) is 0.0301. The first-order valence-electron chi connectivity index (χ1n) is 31.7. The zero-order chi connectivity index (χ0) is 70.1. The van der Waals surface area contributed by atoms with Crippen LogP contribution in [0.2, 0.25) is 0 Å². The fourth-order valence-corrected chi connectivity index (χ4v) is 10.1. The summed E-state index contributed by atoms with van der Waals surface area (Å²) in [7, 11) is 0. The number of carbonyl (C=O) groups excluding carboxylic acids is 11. The number of hydrogen-bond acceptors (Lipinski definition) is 19. The van der Waals surface area contributed by atoms with Gasteiger partial charge in [-0.1, -0.05) is 94.9 Å². The Morgan fingerprint density at radius 3 is 1.19 bits per heavy atom. The van der Waals surface area contributed by atoms with E-state index in [1.165, 1.54) is 32.0 Å². The SMILES string of the molecule is CCC(C)C(NC(=O)[C@H](NC(=O)C(Cc1cnc[nH]1)NC(=O)C(NC(=O)C(NC(=O)C(NC(=O)C(NC(=O)C(Cc1cnc[nH]1)NC(=O)C(NC(=O)C(CO)NC(=O)C1CCCN1C(=O)C(N)CO)C(C)O)C(C)C)C(C)CC)C(C)CC)C(C)O)C(C)CC)C(=O)O. The van der Waals surface area contributed by atoms with Crippen LogP contribution >= 0.6 is 0 Å². The van der Waals surface area contributed by atoms with Gasteiger partial charge in [-0.3, -0.25) is 52.7 Å². The van der Waals surface area contributed by atoms with E-state index < -0.39 is 198 Å². The van der Waals surface area contributed by atoms with E-state index in [9.17, 15) is 83.1 Å². The maximum Gasteiger partial charge on any atom is 0.326 e. The Kier molecular flexibility index (Phi) is 32.4. The van der Waals surface area contributed by atoms with Gasteiger partial charge in [0.05, 0.1) is 38.1 Å². The number of likely N-dealkylation sites (tertiary alicyclic amines) is 1. The molecule has 1 saturated heterocycles. The Morgan fingerprint density at radius 2 is 0.839 bits per heavy atom. The number of aromatic amines is 2. The molecule has 17 unspecified atom stereocenters. The third-order valence-corrected chi connectivity index (χ3v) is 16.9.